The highest BCUT2D eigenvalue weighted by Crippen LogP contribution is 2.41. The van der Waals surface area contributed by atoms with Gasteiger partial charge in [0, 0.05) is 23.9 Å². The van der Waals surface area contributed by atoms with Crippen LogP contribution in [0.15, 0.2) is 53.2 Å². The largest absolute Gasteiger partial charge is 0.302 e. The van der Waals surface area contributed by atoms with E-state index in [4.69, 9.17) is 4.98 Å². The van der Waals surface area contributed by atoms with Crippen molar-refractivity contribution < 1.29 is 0 Å². The minimum atomic E-state index is 0.543. The second kappa shape index (κ2) is 5.95. The first-order valence-corrected chi connectivity index (χ1v) is 9.53. The predicted octanol–water partition coefficient (Wildman–Crippen LogP) is 4.00. The Morgan fingerprint density at radius 1 is 1.27 bits per heavy atom. The van der Waals surface area contributed by atoms with Crippen molar-refractivity contribution in [2.24, 2.45) is 0 Å². The summed E-state index contributed by atoms with van der Waals surface area (Å²) in [6, 6.07) is 10.2. The van der Waals surface area contributed by atoms with E-state index in [0.29, 0.717) is 12.5 Å². The summed E-state index contributed by atoms with van der Waals surface area (Å²) in [5.74, 6) is 1.61. The lowest BCUT2D eigenvalue weighted by Gasteiger charge is -2.09. The van der Waals surface area contributed by atoms with Crippen LogP contribution in [0.4, 0.5) is 0 Å². The molecule has 1 fully saturated rings. The SMILES string of the molecule is C=CCn1c(Sc2nc3cc(C)nn3c3ccccc23)nnc1C1CC1. The van der Waals surface area contributed by atoms with Crippen molar-refractivity contribution in [1.82, 2.24) is 29.4 Å². The summed E-state index contributed by atoms with van der Waals surface area (Å²) in [4.78, 5) is 4.85. The van der Waals surface area contributed by atoms with Crippen LogP contribution in [0.25, 0.3) is 16.6 Å². The van der Waals surface area contributed by atoms with E-state index in [-0.39, 0.29) is 0 Å². The highest BCUT2D eigenvalue weighted by molar-refractivity contribution is 7.99. The van der Waals surface area contributed by atoms with Gasteiger partial charge < -0.3 is 4.57 Å². The number of nitrogens with zero attached hydrogens (tertiary/aromatic N) is 6. The van der Waals surface area contributed by atoms with E-state index in [1.807, 2.05) is 35.7 Å². The van der Waals surface area contributed by atoms with Gasteiger partial charge in [-0.3, -0.25) is 0 Å². The molecule has 1 aliphatic rings. The number of aromatic nitrogens is 6. The molecule has 0 radical (unpaired) electrons. The maximum Gasteiger partial charge on any atom is 0.197 e. The molecule has 4 aromatic rings. The molecule has 0 N–H and O–H groups in total. The fourth-order valence-electron chi connectivity index (χ4n) is 3.23. The normalized spacial score (nSPS) is 14.3. The third-order valence-corrected chi connectivity index (χ3v) is 5.57. The van der Waals surface area contributed by atoms with Crippen LogP contribution in [0.5, 0.6) is 0 Å². The lowest BCUT2D eigenvalue weighted by molar-refractivity contribution is 0.681. The van der Waals surface area contributed by atoms with Crippen LogP contribution < -0.4 is 0 Å². The van der Waals surface area contributed by atoms with Crippen LogP contribution in [0, 0.1) is 6.92 Å². The molecular formula is C19H18N6S. The molecule has 6 nitrogen and oxygen atoms in total. The van der Waals surface area contributed by atoms with Gasteiger partial charge in [0.25, 0.3) is 0 Å². The Kier molecular flexibility index (Phi) is 3.56. The molecule has 0 spiro atoms. The van der Waals surface area contributed by atoms with Crippen LogP contribution >= 0.6 is 11.8 Å². The van der Waals surface area contributed by atoms with E-state index >= 15 is 0 Å². The second-order valence-corrected chi connectivity index (χ2v) is 7.56. The Bertz CT molecular complexity index is 1140. The Hall–Kier alpha value is -2.67. The molecule has 0 amide bonds. The van der Waals surface area contributed by atoms with Crippen LogP contribution in [0.1, 0.15) is 30.3 Å². The topological polar surface area (TPSA) is 60.9 Å². The molecule has 3 aromatic heterocycles. The number of allylic oxidation sites excluding steroid dienone is 1. The Balaban J connectivity index is 1.66. The van der Waals surface area contributed by atoms with Gasteiger partial charge >= 0.3 is 0 Å². The molecule has 1 saturated carbocycles. The highest BCUT2D eigenvalue weighted by Gasteiger charge is 2.30. The van der Waals surface area contributed by atoms with Gasteiger partial charge in [0.05, 0.1) is 11.2 Å². The van der Waals surface area contributed by atoms with Crippen molar-refractivity contribution in [3.8, 4) is 0 Å². The average Bonchev–Trinajstić information content (AvgIpc) is 3.31. The number of rotatable bonds is 5. The number of hydrogen-bond donors (Lipinski definition) is 0. The van der Waals surface area contributed by atoms with E-state index in [9.17, 15) is 0 Å². The van der Waals surface area contributed by atoms with E-state index in [2.05, 4.69) is 38.6 Å². The molecule has 0 saturated heterocycles. The number of fused-ring (bicyclic) bond motifs is 3. The summed E-state index contributed by atoms with van der Waals surface area (Å²) < 4.78 is 4.07. The smallest absolute Gasteiger partial charge is 0.197 e. The molecule has 26 heavy (non-hydrogen) atoms. The summed E-state index contributed by atoms with van der Waals surface area (Å²) in [6.07, 6.45) is 4.29. The molecular weight excluding hydrogens is 344 g/mol. The number of hydrogen-bond acceptors (Lipinski definition) is 5. The van der Waals surface area contributed by atoms with Gasteiger partial charge in [0.1, 0.15) is 10.9 Å². The first-order valence-electron chi connectivity index (χ1n) is 8.71. The van der Waals surface area contributed by atoms with Gasteiger partial charge in [-0.05, 0) is 37.6 Å². The molecule has 5 rings (SSSR count). The summed E-state index contributed by atoms with van der Waals surface area (Å²) >= 11 is 1.56. The van der Waals surface area contributed by atoms with Gasteiger partial charge in [-0.25, -0.2) is 9.50 Å². The Morgan fingerprint density at radius 2 is 2.12 bits per heavy atom. The van der Waals surface area contributed by atoms with Crippen LogP contribution in [-0.4, -0.2) is 29.4 Å². The lowest BCUT2D eigenvalue weighted by atomic mass is 10.2. The van der Waals surface area contributed by atoms with Crippen molar-refractivity contribution in [3.05, 3.63) is 54.5 Å². The molecule has 0 aliphatic heterocycles. The minimum absolute atomic E-state index is 0.543. The highest BCUT2D eigenvalue weighted by atomic mass is 32.2. The monoisotopic (exact) mass is 362 g/mol. The predicted molar refractivity (Wildman–Crippen MR) is 102 cm³/mol. The third-order valence-electron chi connectivity index (χ3n) is 4.58. The van der Waals surface area contributed by atoms with Crippen LogP contribution in [0.3, 0.4) is 0 Å². The summed E-state index contributed by atoms with van der Waals surface area (Å²) in [5, 5.41) is 16.3. The summed E-state index contributed by atoms with van der Waals surface area (Å²) in [7, 11) is 0. The zero-order chi connectivity index (χ0) is 17.7. The molecule has 1 aromatic carbocycles. The number of para-hydroxylation sites is 1. The first-order chi connectivity index (χ1) is 12.7. The molecule has 0 atom stereocenters. The van der Waals surface area contributed by atoms with E-state index in [1.54, 1.807) is 11.8 Å². The second-order valence-electron chi connectivity index (χ2n) is 6.61. The Morgan fingerprint density at radius 3 is 2.92 bits per heavy atom. The molecule has 0 bridgehead atoms. The molecule has 7 heteroatoms. The zero-order valence-electron chi connectivity index (χ0n) is 14.5. The van der Waals surface area contributed by atoms with Gasteiger partial charge in [-0.2, -0.15) is 5.10 Å². The quantitative estimate of drug-likeness (QED) is 0.397. The van der Waals surface area contributed by atoms with E-state index < -0.39 is 0 Å². The van der Waals surface area contributed by atoms with Crippen molar-refractivity contribution in [2.75, 3.05) is 0 Å². The van der Waals surface area contributed by atoms with Gasteiger partial charge in [-0.15, -0.1) is 16.8 Å². The fourth-order valence-corrected chi connectivity index (χ4v) is 4.18. The van der Waals surface area contributed by atoms with Crippen LogP contribution in [-0.2, 0) is 6.54 Å². The van der Waals surface area contributed by atoms with Crippen molar-refractivity contribution in [1.29, 1.82) is 0 Å². The first kappa shape index (κ1) is 15.6. The summed E-state index contributed by atoms with van der Waals surface area (Å²) in [6.45, 7) is 6.59. The molecule has 1 aliphatic carbocycles. The number of benzene rings is 1. The average molecular weight is 362 g/mol. The van der Waals surface area contributed by atoms with Gasteiger partial charge in [0.2, 0.25) is 0 Å². The Labute approximate surface area is 155 Å². The maximum absolute atomic E-state index is 4.85. The van der Waals surface area contributed by atoms with Crippen molar-refractivity contribution in [3.63, 3.8) is 0 Å². The maximum atomic E-state index is 4.85. The van der Waals surface area contributed by atoms with Gasteiger partial charge in [0.15, 0.2) is 10.8 Å². The lowest BCUT2D eigenvalue weighted by Crippen LogP contribution is -2.03. The standard InChI is InChI=1S/C19H18N6S/c1-3-10-24-17(13-8-9-13)21-22-19(24)26-18-14-6-4-5-7-15(14)25-16(20-18)11-12(2)23-25/h3-7,11,13H,1,8-10H2,2H3. The third kappa shape index (κ3) is 2.50. The van der Waals surface area contributed by atoms with Crippen molar-refractivity contribution >= 4 is 28.3 Å². The minimum Gasteiger partial charge on any atom is -0.302 e. The van der Waals surface area contributed by atoms with E-state index in [0.717, 1.165) is 38.3 Å². The zero-order valence-corrected chi connectivity index (χ0v) is 15.3. The summed E-state index contributed by atoms with van der Waals surface area (Å²) in [5.41, 5.74) is 2.85. The molecule has 130 valence electrons. The van der Waals surface area contributed by atoms with E-state index in [1.165, 1.54) is 12.8 Å². The number of aryl methyl sites for hydroxylation is 1. The molecule has 0 unspecified atom stereocenters. The fraction of sp³-hybridized carbons (Fsp3) is 0.263. The van der Waals surface area contributed by atoms with Gasteiger partial charge in [-0.1, -0.05) is 24.3 Å². The molecule has 3 heterocycles. The van der Waals surface area contributed by atoms with Crippen LogP contribution in [0.2, 0.25) is 0 Å². The van der Waals surface area contributed by atoms with Crippen molar-refractivity contribution in [2.45, 2.75) is 42.4 Å².